The highest BCUT2D eigenvalue weighted by Crippen LogP contribution is 2.15. The molecule has 0 unspecified atom stereocenters. The lowest BCUT2D eigenvalue weighted by atomic mass is 10.0. The number of alkyl carbamates (subject to hydrolysis) is 1. The van der Waals surface area contributed by atoms with Crippen molar-refractivity contribution in [3.63, 3.8) is 0 Å². The predicted octanol–water partition coefficient (Wildman–Crippen LogP) is 2.43. The molecule has 7 heteroatoms. The first-order chi connectivity index (χ1) is 12.1. The molecule has 1 aliphatic rings. The molecule has 1 aromatic rings. The number of halogens is 1. The van der Waals surface area contributed by atoms with Crippen molar-refractivity contribution in [2.24, 2.45) is 0 Å². The van der Waals surface area contributed by atoms with E-state index < -0.39 is 6.09 Å². The molecule has 2 atom stereocenters. The third-order valence-corrected chi connectivity index (χ3v) is 4.23. The van der Waals surface area contributed by atoms with Crippen LogP contribution < -0.4 is 10.1 Å². The molecule has 1 aromatic carbocycles. The van der Waals surface area contributed by atoms with Crippen molar-refractivity contribution in [3.05, 3.63) is 30.1 Å². The normalized spacial score (nSPS) is 20.9. The van der Waals surface area contributed by atoms with Gasteiger partial charge in [-0.1, -0.05) is 0 Å². The molecule has 2 rings (SSSR count). The first kappa shape index (κ1) is 19.5. The van der Waals surface area contributed by atoms with Crippen LogP contribution >= 0.6 is 0 Å². The highest BCUT2D eigenvalue weighted by Gasteiger charge is 2.30. The molecule has 1 fully saturated rings. The lowest BCUT2D eigenvalue weighted by Crippen LogP contribution is -2.55. The van der Waals surface area contributed by atoms with E-state index in [1.54, 1.807) is 26.2 Å². The lowest BCUT2D eigenvalue weighted by molar-refractivity contribution is 0.00432. The van der Waals surface area contributed by atoms with E-state index in [1.807, 2.05) is 0 Å². The Morgan fingerprint density at radius 1 is 1.36 bits per heavy atom. The first-order valence-corrected chi connectivity index (χ1v) is 8.69. The second-order valence-electron chi connectivity index (χ2n) is 5.99. The quantitative estimate of drug-likeness (QED) is 0.727. The molecule has 1 saturated heterocycles. The molecule has 25 heavy (non-hydrogen) atoms. The van der Waals surface area contributed by atoms with Crippen molar-refractivity contribution in [2.45, 2.75) is 31.9 Å². The van der Waals surface area contributed by atoms with Crippen LogP contribution in [0.1, 0.15) is 19.8 Å². The van der Waals surface area contributed by atoms with Crippen molar-refractivity contribution >= 4 is 6.09 Å². The van der Waals surface area contributed by atoms with Crippen LogP contribution in [0.4, 0.5) is 9.18 Å². The number of rotatable bonds is 8. The minimum Gasteiger partial charge on any atom is -0.494 e. The van der Waals surface area contributed by atoms with Crippen molar-refractivity contribution in [1.29, 1.82) is 0 Å². The Morgan fingerprint density at radius 2 is 2.12 bits per heavy atom. The van der Waals surface area contributed by atoms with Crippen LogP contribution in [0.3, 0.4) is 0 Å². The summed E-state index contributed by atoms with van der Waals surface area (Å²) < 4.78 is 28.9. The Morgan fingerprint density at radius 3 is 2.80 bits per heavy atom. The number of benzene rings is 1. The van der Waals surface area contributed by atoms with Gasteiger partial charge in [0, 0.05) is 26.7 Å². The van der Waals surface area contributed by atoms with E-state index in [0.717, 1.165) is 32.5 Å². The average molecular weight is 354 g/mol. The van der Waals surface area contributed by atoms with Crippen molar-refractivity contribution in [2.75, 3.05) is 40.0 Å². The van der Waals surface area contributed by atoms with Gasteiger partial charge in [-0.3, -0.25) is 0 Å². The van der Waals surface area contributed by atoms with E-state index in [2.05, 4.69) is 10.2 Å². The van der Waals surface area contributed by atoms with Gasteiger partial charge in [0.25, 0.3) is 0 Å². The summed E-state index contributed by atoms with van der Waals surface area (Å²) in [7, 11) is 1.66. The monoisotopic (exact) mass is 354 g/mol. The second-order valence-corrected chi connectivity index (χ2v) is 5.99. The van der Waals surface area contributed by atoms with E-state index in [1.165, 1.54) is 12.1 Å². The fraction of sp³-hybridized carbons (Fsp3) is 0.611. The number of carbonyl (C=O) groups is 1. The molecular formula is C18H27FN2O4. The zero-order chi connectivity index (χ0) is 18.1. The van der Waals surface area contributed by atoms with E-state index >= 15 is 0 Å². The minimum atomic E-state index is -0.393. The van der Waals surface area contributed by atoms with Gasteiger partial charge in [-0.15, -0.1) is 0 Å². The van der Waals surface area contributed by atoms with Crippen molar-refractivity contribution in [3.8, 4) is 5.75 Å². The number of ether oxygens (including phenoxy) is 3. The lowest BCUT2D eigenvalue weighted by Gasteiger charge is -2.37. The van der Waals surface area contributed by atoms with Gasteiger partial charge in [-0.2, -0.15) is 0 Å². The molecule has 0 aromatic heterocycles. The van der Waals surface area contributed by atoms with Crippen LogP contribution in [0, 0.1) is 5.82 Å². The second kappa shape index (κ2) is 10.2. The number of methoxy groups -OCH3 is 1. The van der Waals surface area contributed by atoms with Gasteiger partial charge < -0.3 is 24.4 Å². The Bertz CT molecular complexity index is 526. The van der Waals surface area contributed by atoms with Crippen molar-refractivity contribution < 1.29 is 23.4 Å². The molecule has 1 heterocycles. The van der Waals surface area contributed by atoms with Crippen LogP contribution in [0.25, 0.3) is 0 Å². The number of nitrogens with one attached hydrogen (secondary N) is 1. The number of nitrogens with zero attached hydrogens (tertiary/aromatic N) is 1. The maximum atomic E-state index is 12.8. The number of piperidine rings is 1. The smallest absolute Gasteiger partial charge is 0.407 e. The maximum Gasteiger partial charge on any atom is 0.407 e. The average Bonchev–Trinajstić information content (AvgIpc) is 2.61. The Labute approximate surface area is 148 Å². The maximum absolute atomic E-state index is 12.8. The summed E-state index contributed by atoms with van der Waals surface area (Å²) in [5, 5.41) is 2.87. The SMILES string of the molecule is CCOC(=O)N[C@H]1CCN(CCCOc2ccc(F)cc2)C[C@H]1OC. The van der Waals surface area contributed by atoms with Crippen LogP contribution in [0.5, 0.6) is 5.75 Å². The van der Waals surface area contributed by atoms with Crippen LogP contribution in [-0.4, -0.2) is 63.1 Å². The van der Waals surface area contributed by atoms with Gasteiger partial charge in [0.15, 0.2) is 0 Å². The summed E-state index contributed by atoms with van der Waals surface area (Å²) in [6.45, 7) is 5.23. The molecule has 0 aliphatic carbocycles. The van der Waals surface area contributed by atoms with Gasteiger partial charge in [0.2, 0.25) is 0 Å². The van der Waals surface area contributed by atoms with Gasteiger partial charge >= 0.3 is 6.09 Å². The molecule has 140 valence electrons. The number of likely N-dealkylation sites (tertiary alicyclic amines) is 1. The van der Waals surface area contributed by atoms with Gasteiger partial charge in [-0.05, 0) is 44.0 Å². The third-order valence-electron chi connectivity index (χ3n) is 4.23. The van der Waals surface area contributed by atoms with E-state index in [9.17, 15) is 9.18 Å². The predicted molar refractivity (Wildman–Crippen MR) is 92.3 cm³/mol. The minimum absolute atomic E-state index is 0.0317. The molecule has 0 spiro atoms. The zero-order valence-electron chi connectivity index (χ0n) is 14.9. The first-order valence-electron chi connectivity index (χ1n) is 8.69. The van der Waals surface area contributed by atoms with E-state index in [0.29, 0.717) is 19.0 Å². The summed E-state index contributed by atoms with van der Waals surface area (Å²) in [5.41, 5.74) is 0. The summed E-state index contributed by atoms with van der Waals surface area (Å²) in [5.74, 6) is 0.408. The Kier molecular flexibility index (Phi) is 7.94. The number of hydrogen-bond donors (Lipinski definition) is 1. The largest absolute Gasteiger partial charge is 0.494 e. The summed E-state index contributed by atoms with van der Waals surface area (Å²) >= 11 is 0. The third kappa shape index (κ3) is 6.51. The number of hydrogen-bond acceptors (Lipinski definition) is 5. The van der Waals surface area contributed by atoms with E-state index in [-0.39, 0.29) is 18.0 Å². The summed E-state index contributed by atoms with van der Waals surface area (Å²) in [6.07, 6.45) is 1.23. The summed E-state index contributed by atoms with van der Waals surface area (Å²) in [4.78, 5) is 13.9. The molecule has 0 saturated carbocycles. The molecule has 6 nitrogen and oxygen atoms in total. The molecule has 1 amide bonds. The Balaban J connectivity index is 1.68. The van der Waals surface area contributed by atoms with Crippen LogP contribution in [0.2, 0.25) is 0 Å². The molecule has 0 radical (unpaired) electrons. The van der Waals surface area contributed by atoms with Crippen LogP contribution in [0.15, 0.2) is 24.3 Å². The molecule has 0 bridgehead atoms. The van der Waals surface area contributed by atoms with Gasteiger partial charge in [0.1, 0.15) is 11.6 Å². The fourth-order valence-corrected chi connectivity index (χ4v) is 2.92. The molecule has 1 aliphatic heterocycles. The van der Waals surface area contributed by atoms with Gasteiger partial charge in [-0.25, -0.2) is 9.18 Å². The van der Waals surface area contributed by atoms with E-state index in [4.69, 9.17) is 14.2 Å². The summed E-state index contributed by atoms with van der Waals surface area (Å²) in [6, 6.07) is 6.00. The number of carbonyl (C=O) groups excluding carboxylic acids is 1. The number of amides is 1. The van der Waals surface area contributed by atoms with Crippen molar-refractivity contribution in [1.82, 2.24) is 10.2 Å². The fourth-order valence-electron chi connectivity index (χ4n) is 2.92. The van der Waals surface area contributed by atoms with Gasteiger partial charge in [0.05, 0.1) is 25.4 Å². The Hall–Kier alpha value is -1.86. The van der Waals surface area contributed by atoms with Crippen LogP contribution in [-0.2, 0) is 9.47 Å². The topological polar surface area (TPSA) is 60.0 Å². The molecular weight excluding hydrogens is 327 g/mol. The molecule has 1 N–H and O–H groups in total. The standard InChI is InChI=1S/C18H27FN2O4/c1-3-24-18(22)20-16-9-11-21(13-17(16)23-2)10-4-12-25-15-7-5-14(19)6-8-15/h5-8,16-17H,3-4,9-13H2,1-2H3,(H,20,22)/t16-,17+/m0/s1. The highest BCUT2D eigenvalue weighted by molar-refractivity contribution is 5.67. The highest BCUT2D eigenvalue weighted by atomic mass is 19.1. The zero-order valence-corrected chi connectivity index (χ0v) is 14.9.